The number of aromatic nitrogens is 2. The van der Waals surface area contributed by atoms with Gasteiger partial charge in [0.05, 0.1) is 13.0 Å². The van der Waals surface area contributed by atoms with Crippen LogP contribution in [0, 0.1) is 0 Å². The Morgan fingerprint density at radius 1 is 1.33 bits per heavy atom. The van der Waals surface area contributed by atoms with Gasteiger partial charge in [0.15, 0.2) is 5.82 Å². The Hall–Kier alpha value is -1.97. The van der Waals surface area contributed by atoms with Crippen LogP contribution in [0.1, 0.15) is 23.2 Å². The second-order valence-electron chi connectivity index (χ2n) is 5.84. The highest BCUT2D eigenvalue weighted by atomic mass is 32.2. The summed E-state index contributed by atoms with van der Waals surface area (Å²) in [7, 11) is 1.28. The second-order valence-corrected chi connectivity index (χ2v) is 7.98. The third-order valence-corrected chi connectivity index (χ3v) is 5.88. The molecule has 0 unspecified atom stereocenters. The first-order chi connectivity index (χ1) is 11.4. The summed E-state index contributed by atoms with van der Waals surface area (Å²) >= 11 is 0. The maximum absolute atomic E-state index is 12.0. The van der Waals surface area contributed by atoms with Gasteiger partial charge in [-0.05, 0) is 6.07 Å². The molecule has 0 atom stereocenters. The molecule has 0 N–H and O–H groups in total. The molecule has 24 heavy (non-hydrogen) atoms. The third-order valence-electron chi connectivity index (χ3n) is 4.01. The molecule has 9 heteroatoms. The largest absolute Gasteiger partial charge is 0.496 e. The normalized spacial score (nSPS) is 16.3. The quantitative estimate of drug-likeness (QED) is 0.767. The first-order valence-electron chi connectivity index (χ1n) is 7.53. The van der Waals surface area contributed by atoms with Crippen LogP contribution in [-0.2, 0) is 16.6 Å². The minimum absolute atomic E-state index is 0.0568. The van der Waals surface area contributed by atoms with Gasteiger partial charge in [0.1, 0.15) is 5.75 Å². The number of benzene rings is 1. The van der Waals surface area contributed by atoms with Crippen LogP contribution < -0.4 is 4.74 Å². The van der Waals surface area contributed by atoms with Gasteiger partial charge in [-0.25, -0.2) is 0 Å². The van der Waals surface area contributed by atoms with Crippen LogP contribution in [0.2, 0.25) is 0 Å². The minimum atomic E-state index is -3.37. The highest BCUT2D eigenvalue weighted by molar-refractivity contribution is 7.86. The Morgan fingerprint density at radius 2 is 2.04 bits per heavy atom. The van der Waals surface area contributed by atoms with E-state index in [2.05, 4.69) is 10.1 Å². The molecule has 0 aliphatic carbocycles. The summed E-state index contributed by atoms with van der Waals surface area (Å²) in [6.07, 6.45) is 0.500. The Labute approximate surface area is 141 Å². The molecule has 130 valence electrons. The fraction of sp³-hybridized carbons (Fsp3) is 0.467. The fourth-order valence-electron chi connectivity index (χ4n) is 2.54. The molecule has 1 saturated heterocycles. The minimum Gasteiger partial charge on any atom is -0.496 e. The van der Waals surface area contributed by atoms with Gasteiger partial charge in [0.2, 0.25) is 5.89 Å². The van der Waals surface area contributed by atoms with E-state index < -0.39 is 10.2 Å². The monoisotopic (exact) mass is 352 g/mol. The lowest BCUT2D eigenvalue weighted by Gasteiger charge is -2.37. The van der Waals surface area contributed by atoms with Crippen molar-refractivity contribution >= 4 is 10.2 Å². The Morgan fingerprint density at radius 3 is 2.71 bits per heavy atom. The van der Waals surface area contributed by atoms with Gasteiger partial charge in [-0.3, -0.25) is 0 Å². The van der Waals surface area contributed by atoms with Crippen LogP contribution >= 0.6 is 0 Å². The predicted octanol–water partition coefficient (Wildman–Crippen LogP) is 0.875. The van der Waals surface area contributed by atoms with Crippen molar-refractivity contribution in [1.82, 2.24) is 18.8 Å². The molecule has 0 bridgehead atoms. The van der Waals surface area contributed by atoms with Crippen LogP contribution in [0.25, 0.3) is 0 Å². The molecule has 0 amide bonds. The zero-order chi connectivity index (χ0) is 17.3. The van der Waals surface area contributed by atoms with Crippen molar-refractivity contribution in [2.75, 3.05) is 34.3 Å². The molecule has 1 aliphatic heterocycles. The summed E-state index contributed by atoms with van der Waals surface area (Å²) in [5.74, 6) is 1.75. The average molecular weight is 352 g/mol. The van der Waals surface area contributed by atoms with E-state index in [1.807, 2.05) is 24.3 Å². The molecular weight excluding hydrogens is 332 g/mol. The van der Waals surface area contributed by atoms with E-state index in [0.29, 0.717) is 31.2 Å². The maximum atomic E-state index is 12.0. The van der Waals surface area contributed by atoms with Crippen LogP contribution in [0.15, 0.2) is 28.8 Å². The van der Waals surface area contributed by atoms with E-state index in [-0.39, 0.29) is 5.92 Å². The van der Waals surface area contributed by atoms with Gasteiger partial charge in [-0.2, -0.15) is 22.0 Å². The number of nitrogens with zero attached hydrogens (tertiary/aromatic N) is 4. The van der Waals surface area contributed by atoms with Gasteiger partial charge in [-0.15, -0.1) is 0 Å². The summed E-state index contributed by atoms with van der Waals surface area (Å²) in [5.41, 5.74) is 0.970. The number of methoxy groups -OCH3 is 1. The molecule has 0 spiro atoms. The Bertz CT molecular complexity index is 812. The summed E-state index contributed by atoms with van der Waals surface area (Å²) in [4.78, 5) is 4.40. The van der Waals surface area contributed by atoms with Gasteiger partial charge in [-0.1, -0.05) is 23.4 Å². The van der Waals surface area contributed by atoms with Gasteiger partial charge >= 0.3 is 0 Å². The standard InChI is InChI=1S/C15H20N4O4S/c1-18(2)24(20,21)19-9-12(10-19)15-16-14(17-23-15)8-11-6-4-5-7-13(11)22-3/h4-7,12H,8-10H2,1-3H3. The summed E-state index contributed by atoms with van der Waals surface area (Å²) in [6, 6.07) is 7.66. The first kappa shape index (κ1) is 16.9. The van der Waals surface area contributed by atoms with Crippen molar-refractivity contribution in [3.8, 4) is 5.75 Å². The average Bonchev–Trinajstić information content (AvgIpc) is 2.94. The van der Waals surface area contributed by atoms with Crippen LogP contribution in [0.4, 0.5) is 0 Å². The number of para-hydroxylation sites is 1. The van der Waals surface area contributed by atoms with Crippen molar-refractivity contribution in [2.45, 2.75) is 12.3 Å². The molecule has 0 saturated carbocycles. The molecule has 1 aromatic heterocycles. The fourth-order valence-corrected chi connectivity index (χ4v) is 3.74. The third kappa shape index (κ3) is 3.14. The molecule has 1 aliphatic rings. The lowest BCUT2D eigenvalue weighted by molar-refractivity contribution is 0.207. The van der Waals surface area contributed by atoms with Crippen LogP contribution in [0.5, 0.6) is 5.75 Å². The van der Waals surface area contributed by atoms with E-state index in [1.54, 1.807) is 7.11 Å². The lowest BCUT2D eigenvalue weighted by Crippen LogP contribution is -2.52. The molecule has 3 rings (SSSR count). The van der Waals surface area contributed by atoms with Gasteiger partial charge in [0.25, 0.3) is 10.2 Å². The highest BCUT2D eigenvalue weighted by Crippen LogP contribution is 2.29. The van der Waals surface area contributed by atoms with Gasteiger partial charge < -0.3 is 9.26 Å². The molecule has 2 heterocycles. The maximum Gasteiger partial charge on any atom is 0.281 e. The zero-order valence-corrected chi connectivity index (χ0v) is 14.7. The van der Waals surface area contributed by atoms with E-state index in [1.165, 1.54) is 22.7 Å². The Kier molecular flexibility index (Phi) is 4.57. The molecule has 1 aromatic carbocycles. The van der Waals surface area contributed by atoms with E-state index in [9.17, 15) is 8.42 Å². The van der Waals surface area contributed by atoms with Crippen molar-refractivity contribution in [2.24, 2.45) is 0 Å². The summed E-state index contributed by atoms with van der Waals surface area (Å²) in [6.45, 7) is 0.716. The molecular formula is C15H20N4O4S. The second kappa shape index (κ2) is 6.50. The highest BCUT2D eigenvalue weighted by Gasteiger charge is 2.40. The van der Waals surface area contributed by atoms with E-state index in [0.717, 1.165) is 11.3 Å². The van der Waals surface area contributed by atoms with Crippen LogP contribution in [-0.4, -0.2) is 61.5 Å². The molecule has 8 nitrogen and oxygen atoms in total. The van der Waals surface area contributed by atoms with E-state index in [4.69, 9.17) is 9.26 Å². The molecule has 2 aromatic rings. The Balaban J connectivity index is 1.65. The van der Waals surface area contributed by atoms with Crippen molar-refractivity contribution in [3.63, 3.8) is 0 Å². The van der Waals surface area contributed by atoms with E-state index >= 15 is 0 Å². The number of hydrogen-bond donors (Lipinski definition) is 0. The predicted molar refractivity (Wildman–Crippen MR) is 87.0 cm³/mol. The van der Waals surface area contributed by atoms with Crippen LogP contribution in [0.3, 0.4) is 0 Å². The summed E-state index contributed by atoms with van der Waals surface area (Å²) < 4.78 is 37.2. The van der Waals surface area contributed by atoms with Gasteiger partial charge in [0, 0.05) is 39.2 Å². The lowest BCUT2D eigenvalue weighted by atomic mass is 10.0. The number of ether oxygens (including phenoxy) is 1. The zero-order valence-electron chi connectivity index (χ0n) is 13.8. The smallest absolute Gasteiger partial charge is 0.281 e. The number of rotatable bonds is 6. The topological polar surface area (TPSA) is 88.8 Å². The van der Waals surface area contributed by atoms with Crippen molar-refractivity contribution in [3.05, 3.63) is 41.5 Å². The molecule has 0 radical (unpaired) electrons. The molecule has 1 fully saturated rings. The van der Waals surface area contributed by atoms with Crippen molar-refractivity contribution in [1.29, 1.82) is 0 Å². The first-order valence-corrected chi connectivity index (χ1v) is 8.93. The number of hydrogen-bond acceptors (Lipinski definition) is 6. The van der Waals surface area contributed by atoms with Crippen molar-refractivity contribution < 1.29 is 17.7 Å². The summed E-state index contributed by atoms with van der Waals surface area (Å²) in [5, 5.41) is 3.99. The SMILES string of the molecule is COc1ccccc1Cc1noc(C2CN(S(=O)(=O)N(C)C)C2)n1.